The molecule has 1 amide bonds. The molecular weight excluding hydrogens is 406 g/mol. The quantitative estimate of drug-likeness (QED) is 0.145. The van der Waals surface area contributed by atoms with Crippen molar-refractivity contribution in [2.45, 2.75) is 40.5 Å². The van der Waals surface area contributed by atoms with E-state index in [1.165, 1.54) is 4.90 Å². The molecule has 0 saturated heterocycles. The Hall–Kier alpha value is -3.61. The molecule has 1 aromatic rings. The molecule has 0 fully saturated rings. The van der Waals surface area contributed by atoms with Crippen molar-refractivity contribution < 1.29 is 29.1 Å². The van der Waals surface area contributed by atoms with E-state index >= 15 is 0 Å². The first-order chi connectivity index (χ1) is 14.7. The first-order valence-corrected chi connectivity index (χ1v) is 9.95. The van der Waals surface area contributed by atoms with Crippen molar-refractivity contribution in [2.24, 2.45) is 5.92 Å². The molecule has 1 aromatic carbocycles. The molecule has 0 saturated carbocycles. The molecule has 1 rings (SSSR count). The van der Waals surface area contributed by atoms with Crippen LogP contribution < -0.4 is 4.74 Å². The summed E-state index contributed by atoms with van der Waals surface area (Å²) in [5.41, 5.74) is -0.974. The van der Waals surface area contributed by atoms with Crippen LogP contribution in [-0.2, 0) is 9.53 Å². The van der Waals surface area contributed by atoms with Crippen molar-refractivity contribution in [3.05, 3.63) is 33.4 Å². The van der Waals surface area contributed by atoms with Gasteiger partial charge in [0.1, 0.15) is 11.6 Å². The summed E-state index contributed by atoms with van der Waals surface area (Å²) in [6.07, 6.45) is 1.52. The van der Waals surface area contributed by atoms with E-state index in [-0.39, 0.29) is 17.7 Å². The summed E-state index contributed by atoms with van der Waals surface area (Å²) in [6, 6.07) is 3.86. The monoisotopic (exact) mass is 433 g/mol. The Kier molecular flexibility index (Phi) is 9.98. The summed E-state index contributed by atoms with van der Waals surface area (Å²) in [6.45, 7) is 8.34. The van der Waals surface area contributed by atoms with Crippen LogP contribution >= 0.6 is 0 Å². The molecule has 0 aromatic heterocycles. The Morgan fingerprint density at radius 1 is 1.32 bits per heavy atom. The van der Waals surface area contributed by atoms with E-state index in [9.17, 15) is 30.1 Å². The van der Waals surface area contributed by atoms with Crippen LogP contribution in [0.4, 0.5) is 10.5 Å². The molecule has 168 valence electrons. The fourth-order valence-electron chi connectivity index (χ4n) is 2.57. The number of aromatic hydroxyl groups is 1. The summed E-state index contributed by atoms with van der Waals surface area (Å²) < 4.78 is 9.88. The molecule has 0 radical (unpaired) electrons. The molecule has 1 atom stereocenters. The van der Waals surface area contributed by atoms with Crippen LogP contribution in [0.15, 0.2) is 17.7 Å². The number of hydrogen-bond acceptors (Lipinski definition) is 8. The van der Waals surface area contributed by atoms with Gasteiger partial charge in [0.25, 0.3) is 5.91 Å². The minimum Gasteiger partial charge on any atom is -0.499 e. The van der Waals surface area contributed by atoms with Gasteiger partial charge in [0.2, 0.25) is 5.75 Å². The third-order valence-corrected chi connectivity index (χ3v) is 4.71. The maximum atomic E-state index is 12.4. The third kappa shape index (κ3) is 7.29. The number of rotatable bonds is 10. The molecule has 0 aliphatic rings. The van der Waals surface area contributed by atoms with Crippen LogP contribution in [0.25, 0.3) is 6.08 Å². The number of nitrogens with zero attached hydrogens (tertiary/aromatic N) is 3. The zero-order valence-corrected chi connectivity index (χ0v) is 18.1. The van der Waals surface area contributed by atoms with E-state index in [0.717, 1.165) is 24.6 Å². The van der Waals surface area contributed by atoms with Gasteiger partial charge in [-0.15, -0.1) is 0 Å². The maximum absolute atomic E-state index is 12.4. The summed E-state index contributed by atoms with van der Waals surface area (Å²) >= 11 is 0. The van der Waals surface area contributed by atoms with E-state index in [2.05, 4.69) is 0 Å². The lowest BCUT2D eigenvalue weighted by Crippen LogP contribution is -2.31. The molecule has 0 aliphatic heterocycles. The summed E-state index contributed by atoms with van der Waals surface area (Å²) in [4.78, 5) is 36.2. The second-order valence-electron chi connectivity index (χ2n) is 6.79. The van der Waals surface area contributed by atoms with E-state index in [1.54, 1.807) is 19.9 Å². The Labute approximate surface area is 180 Å². The molecule has 1 unspecified atom stereocenters. The number of benzene rings is 1. The normalized spacial score (nSPS) is 11.9. The lowest BCUT2D eigenvalue weighted by Gasteiger charge is -2.17. The number of hydrogen-bond donors (Lipinski definition) is 1. The highest BCUT2D eigenvalue weighted by molar-refractivity contribution is 6.01. The Bertz CT molecular complexity index is 886. The number of likely N-dealkylation sites (N-methyl/N-ethyl adjacent to an activating group) is 1. The van der Waals surface area contributed by atoms with Gasteiger partial charge < -0.3 is 19.5 Å². The van der Waals surface area contributed by atoms with Crippen molar-refractivity contribution >= 4 is 23.8 Å². The average Bonchev–Trinajstić information content (AvgIpc) is 2.74. The third-order valence-electron chi connectivity index (χ3n) is 4.71. The number of carbonyl (C=O) groups is 2. The van der Waals surface area contributed by atoms with Crippen molar-refractivity contribution in [3.8, 4) is 17.6 Å². The molecule has 10 nitrogen and oxygen atoms in total. The molecule has 10 heteroatoms. The number of carbonyl (C=O) groups excluding carboxylic acids is 2. The molecule has 0 bridgehead atoms. The first-order valence-electron chi connectivity index (χ1n) is 9.95. The highest BCUT2D eigenvalue weighted by Gasteiger charge is 2.23. The molecule has 1 N–H and O–H groups in total. The van der Waals surface area contributed by atoms with E-state index in [1.807, 2.05) is 13.8 Å². The Morgan fingerprint density at radius 2 is 1.97 bits per heavy atom. The van der Waals surface area contributed by atoms with Crippen LogP contribution in [0.2, 0.25) is 0 Å². The zero-order chi connectivity index (χ0) is 23.6. The molecule has 0 heterocycles. The van der Waals surface area contributed by atoms with Crippen LogP contribution in [0.5, 0.6) is 11.5 Å². The number of nitro benzene ring substituents is 1. The minimum absolute atomic E-state index is 0.0314. The fraction of sp³-hybridized carbons (Fsp3) is 0.476. The minimum atomic E-state index is -1.13. The number of ether oxygens (including phenoxy) is 2. The van der Waals surface area contributed by atoms with Gasteiger partial charge in [0.15, 0.2) is 5.75 Å². The van der Waals surface area contributed by atoms with Crippen molar-refractivity contribution in [1.29, 1.82) is 5.26 Å². The zero-order valence-electron chi connectivity index (χ0n) is 18.1. The van der Waals surface area contributed by atoms with E-state index < -0.39 is 34.2 Å². The standard InChI is InChI=1S/C21H27N3O7/c1-5-14(4)8-9-30-21(27)31-18-12-15(11-17(19(18)25)24(28)29)10-16(13-22)20(26)23(6-2)7-3/h10-12,14,25H,5-9H2,1-4H3/b16-10+. The number of phenols is 1. The van der Waals surface area contributed by atoms with Gasteiger partial charge in [-0.3, -0.25) is 14.9 Å². The number of amides is 1. The largest absolute Gasteiger partial charge is 0.513 e. The molecule has 0 spiro atoms. The summed E-state index contributed by atoms with van der Waals surface area (Å²) in [5.74, 6) is -1.59. The summed E-state index contributed by atoms with van der Waals surface area (Å²) in [5, 5.41) is 30.8. The average molecular weight is 433 g/mol. The van der Waals surface area contributed by atoms with Crippen LogP contribution in [0.3, 0.4) is 0 Å². The van der Waals surface area contributed by atoms with Gasteiger partial charge in [-0.05, 0) is 43.9 Å². The molecule has 0 aliphatic carbocycles. The second kappa shape index (κ2) is 12.2. The van der Waals surface area contributed by atoms with Gasteiger partial charge in [-0.1, -0.05) is 20.3 Å². The van der Waals surface area contributed by atoms with Crippen molar-refractivity contribution in [3.63, 3.8) is 0 Å². The molecule has 31 heavy (non-hydrogen) atoms. The van der Waals surface area contributed by atoms with Crippen molar-refractivity contribution in [1.82, 2.24) is 4.90 Å². The van der Waals surface area contributed by atoms with Gasteiger partial charge in [-0.25, -0.2) is 4.79 Å². The van der Waals surface area contributed by atoms with Crippen LogP contribution in [0, 0.1) is 27.4 Å². The maximum Gasteiger partial charge on any atom is 0.513 e. The summed E-state index contributed by atoms with van der Waals surface area (Å²) in [7, 11) is 0. The second-order valence-corrected chi connectivity index (χ2v) is 6.79. The fourth-order valence-corrected chi connectivity index (χ4v) is 2.57. The highest BCUT2D eigenvalue weighted by Crippen LogP contribution is 2.38. The van der Waals surface area contributed by atoms with E-state index in [0.29, 0.717) is 25.4 Å². The SMILES string of the molecule is CCC(C)CCOC(=O)Oc1cc(/C=C(\C#N)C(=O)N(CC)CC)cc([N+](=O)[O-])c1O. The predicted molar refractivity (Wildman–Crippen MR) is 112 cm³/mol. The lowest BCUT2D eigenvalue weighted by molar-refractivity contribution is -0.385. The van der Waals surface area contributed by atoms with E-state index in [4.69, 9.17) is 9.47 Å². The van der Waals surface area contributed by atoms with Crippen LogP contribution in [0.1, 0.15) is 46.1 Å². The van der Waals surface area contributed by atoms with Gasteiger partial charge in [-0.2, -0.15) is 5.26 Å². The molecular formula is C21H27N3O7. The number of phenolic OH excluding ortho intramolecular Hbond substituents is 1. The Morgan fingerprint density at radius 3 is 2.48 bits per heavy atom. The first kappa shape index (κ1) is 25.4. The van der Waals surface area contributed by atoms with Crippen LogP contribution in [-0.4, -0.2) is 46.7 Å². The van der Waals surface area contributed by atoms with Gasteiger partial charge in [0.05, 0.1) is 11.5 Å². The predicted octanol–water partition coefficient (Wildman–Crippen LogP) is 4.03. The number of nitro groups is 1. The highest BCUT2D eigenvalue weighted by atomic mass is 16.7. The van der Waals surface area contributed by atoms with Gasteiger partial charge in [0, 0.05) is 19.2 Å². The smallest absolute Gasteiger partial charge is 0.499 e. The van der Waals surface area contributed by atoms with Gasteiger partial charge >= 0.3 is 11.8 Å². The topological polar surface area (TPSA) is 143 Å². The van der Waals surface area contributed by atoms with Crippen molar-refractivity contribution in [2.75, 3.05) is 19.7 Å². The number of nitriles is 1. The lowest BCUT2D eigenvalue weighted by atomic mass is 10.1. The Balaban J connectivity index is 3.22.